The number of benzene rings is 1. The Morgan fingerprint density at radius 2 is 2.00 bits per heavy atom. The Kier molecular flexibility index (Phi) is 5.93. The highest BCUT2D eigenvalue weighted by Gasteiger charge is 2.49. The van der Waals surface area contributed by atoms with Crippen LogP contribution in [0.2, 0.25) is 0 Å². The molecule has 1 fully saturated rings. The molecule has 164 valence electrons. The summed E-state index contributed by atoms with van der Waals surface area (Å²) in [6.45, 7) is 3.12. The number of non-ortho nitro benzene ring substituents is 1. The molecule has 0 saturated carbocycles. The summed E-state index contributed by atoms with van der Waals surface area (Å²) < 4.78 is 9.96. The van der Waals surface area contributed by atoms with Gasteiger partial charge in [0.15, 0.2) is 0 Å². The number of carbonyl (C=O) groups excluding carboxylic acids is 3. The van der Waals surface area contributed by atoms with E-state index in [1.807, 2.05) is 0 Å². The smallest absolute Gasteiger partial charge is 0.338 e. The fourth-order valence-electron chi connectivity index (χ4n) is 3.44. The number of carbonyl (C=O) groups is 3. The summed E-state index contributed by atoms with van der Waals surface area (Å²) in [5, 5.41) is 21.3. The van der Waals surface area contributed by atoms with Gasteiger partial charge < -0.3 is 20.3 Å². The summed E-state index contributed by atoms with van der Waals surface area (Å²) in [6.07, 6.45) is 0. The lowest BCUT2D eigenvalue weighted by molar-refractivity contribution is -0.384. The number of esters is 2. The number of nitro groups is 1. The second-order valence-corrected chi connectivity index (χ2v) is 7.93. The zero-order valence-electron chi connectivity index (χ0n) is 16.8. The van der Waals surface area contributed by atoms with Crippen LogP contribution in [0.15, 0.2) is 40.2 Å². The van der Waals surface area contributed by atoms with Crippen LogP contribution in [0.3, 0.4) is 0 Å². The van der Waals surface area contributed by atoms with Crippen LogP contribution in [0.1, 0.15) is 25.3 Å². The number of nitro benzene ring substituents is 1. The first-order valence-corrected chi connectivity index (χ1v) is 9.99. The Labute approximate surface area is 180 Å². The minimum absolute atomic E-state index is 0.0352. The van der Waals surface area contributed by atoms with Crippen molar-refractivity contribution < 1.29 is 33.9 Å². The maximum absolute atomic E-state index is 12.9. The third kappa shape index (κ3) is 3.58. The first kappa shape index (κ1) is 22.2. The van der Waals surface area contributed by atoms with Crippen molar-refractivity contribution in [1.82, 2.24) is 4.90 Å². The van der Waals surface area contributed by atoms with Gasteiger partial charge in [0.25, 0.3) is 5.69 Å². The molecular weight excluding hydrogens is 430 g/mol. The van der Waals surface area contributed by atoms with Gasteiger partial charge >= 0.3 is 11.9 Å². The Balaban J connectivity index is 2.38. The lowest BCUT2D eigenvalue weighted by Gasteiger charge is -2.33. The molecule has 3 rings (SSSR count). The summed E-state index contributed by atoms with van der Waals surface area (Å²) in [7, 11) is 1.11. The predicted octanol–water partition coefficient (Wildman–Crippen LogP) is 1.48. The predicted molar refractivity (Wildman–Crippen MR) is 108 cm³/mol. The number of ether oxygens (including phenoxy) is 2. The minimum Gasteiger partial charge on any atom is -0.508 e. The summed E-state index contributed by atoms with van der Waals surface area (Å²) in [5.74, 6) is -4.33. The second kappa shape index (κ2) is 8.30. The molecule has 1 saturated heterocycles. The van der Waals surface area contributed by atoms with Crippen molar-refractivity contribution in [3.63, 3.8) is 0 Å². The lowest BCUT2D eigenvalue weighted by Crippen LogP contribution is -2.40. The van der Waals surface area contributed by atoms with Crippen LogP contribution in [0, 0.1) is 10.1 Å². The Morgan fingerprint density at radius 1 is 1.32 bits per heavy atom. The summed E-state index contributed by atoms with van der Waals surface area (Å²) in [5.41, 5.74) is 5.24. The second-order valence-electron chi connectivity index (χ2n) is 6.60. The molecule has 1 amide bonds. The maximum atomic E-state index is 12.9. The van der Waals surface area contributed by atoms with Gasteiger partial charge in [0.05, 0.1) is 46.0 Å². The first-order valence-electron chi connectivity index (χ1n) is 9.11. The molecule has 2 atom stereocenters. The topological polar surface area (TPSA) is 162 Å². The average molecular weight is 449 g/mol. The van der Waals surface area contributed by atoms with Gasteiger partial charge in [0.1, 0.15) is 11.6 Å². The van der Waals surface area contributed by atoms with E-state index in [-0.39, 0.29) is 39.9 Å². The van der Waals surface area contributed by atoms with E-state index < -0.39 is 39.7 Å². The van der Waals surface area contributed by atoms with Crippen LogP contribution in [-0.2, 0) is 23.9 Å². The van der Waals surface area contributed by atoms with E-state index in [1.165, 1.54) is 0 Å². The fourth-order valence-corrected chi connectivity index (χ4v) is 4.61. The van der Waals surface area contributed by atoms with Gasteiger partial charge in [-0.2, -0.15) is 0 Å². The number of nitrogens with two attached hydrogens (primary N) is 1. The van der Waals surface area contributed by atoms with Crippen molar-refractivity contribution >= 4 is 35.3 Å². The van der Waals surface area contributed by atoms with E-state index in [9.17, 15) is 29.6 Å². The molecule has 31 heavy (non-hydrogen) atoms. The Hall–Kier alpha value is -3.54. The molecule has 3 N–H and O–H groups in total. The number of thioether (sulfide) groups is 1. The summed E-state index contributed by atoms with van der Waals surface area (Å²) in [6, 6.07) is 3.19. The summed E-state index contributed by atoms with van der Waals surface area (Å²) >= 11 is 1.03. The van der Waals surface area contributed by atoms with Gasteiger partial charge in [-0.05, 0) is 19.9 Å². The van der Waals surface area contributed by atoms with Crippen LogP contribution in [0.5, 0.6) is 5.75 Å². The molecule has 0 radical (unpaired) electrons. The number of aromatic hydroxyl groups is 1. The number of nitrogens with zero attached hydrogens (tertiary/aromatic N) is 2. The minimum atomic E-state index is -1.36. The highest BCUT2D eigenvalue weighted by molar-refractivity contribution is 8.04. The van der Waals surface area contributed by atoms with Crippen molar-refractivity contribution in [2.24, 2.45) is 5.73 Å². The first-order chi connectivity index (χ1) is 14.6. The molecule has 1 aromatic rings. The molecule has 0 bridgehead atoms. The van der Waals surface area contributed by atoms with Gasteiger partial charge in [-0.15, -0.1) is 0 Å². The molecular formula is C19H19N3O8S. The number of hydrogen-bond acceptors (Lipinski definition) is 10. The normalized spacial score (nSPS) is 20.6. The zero-order valence-corrected chi connectivity index (χ0v) is 17.6. The van der Waals surface area contributed by atoms with Crippen molar-refractivity contribution in [3.05, 3.63) is 55.9 Å². The largest absolute Gasteiger partial charge is 0.508 e. The van der Waals surface area contributed by atoms with Crippen molar-refractivity contribution in [2.45, 2.75) is 25.0 Å². The van der Waals surface area contributed by atoms with Gasteiger partial charge in [0, 0.05) is 17.7 Å². The van der Waals surface area contributed by atoms with E-state index in [4.69, 9.17) is 15.2 Å². The highest BCUT2D eigenvalue weighted by atomic mass is 32.2. The van der Waals surface area contributed by atoms with Crippen molar-refractivity contribution in [2.75, 3.05) is 13.7 Å². The lowest BCUT2D eigenvalue weighted by atomic mass is 9.81. The number of amides is 1. The van der Waals surface area contributed by atoms with Gasteiger partial charge in [-0.3, -0.25) is 19.8 Å². The Morgan fingerprint density at radius 3 is 2.58 bits per heavy atom. The molecule has 0 unspecified atom stereocenters. The van der Waals surface area contributed by atoms with Crippen molar-refractivity contribution in [3.8, 4) is 5.75 Å². The standard InChI is InChI=1S/C19H19N3O8S/c1-4-30-19(26)13-12(10-7-9(22(27)28)5-6-11(10)23)14(18(25)29-3)17-21(15(13)20)16(24)8(2)31-17/h5-8,12,23H,4,20H2,1-3H3/t8-,12-/m1/s1. The van der Waals surface area contributed by atoms with Crippen LogP contribution in [-0.4, -0.2) is 51.7 Å². The number of fused-ring (bicyclic) bond motifs is 1. The quantitative estimate of drug-likeness (QED) is 0.382. The molecule has 2 heterocycles. The average Bonchev–Trinajstić information content (AvgIpc) is 3.02. The van der Waals surface area contributed by atoms with E-state index in [0.29, 0.717) is 0 Å². The highest BCUT2D eigenvalue weighted by Crippen LogP contribution is 2.51. The van der Waals surface area contributed by atoms with E-state index >= 15 is 0 Å². The molecule has 12 heteroatoms. The number of hydrogen-bond donors (Lipinski definition) is 2. The van der Waals surface area contributed by atoms with Crippen LogP contribution in [0.4, 0.5) is 5.69 Å². The van der Waals surface area contributed by atoms with Crippen LogP contribution >= 0.6 is 11.8 Å². The number of rotatable bonds is 5. The molecule has 0 spiro atoms. The van der Waals surface area contributed by atoms with E-state index in [2.05, 4.69) is 0 Å². The SMILES string of the molecule is CCOC(=O)C1=C(N)N2C(=O)[C@@H](C)SC2=C(C(=O)OC)[C@@H]1c1cc([N+](=O)[O-])ccc1O. The van der Waals surface area contributed by atoms with Crippen LogP contribution < -0.4 is 5.73 Å². The molecule has 1 aromatic carbocycles. The van der Waals surface area contributed by atoms with Gasteiger partial charge in [-0.25, -0.2) is 9.59 Å². The maximum Gasteiger partial charge on any atom is 0.338 e. The van der Waals surface area contributed by atoms with Crippen molar-refractivity contribution in [1.29, 1.82) is 0 Å². The molecule has 2 aliphatic rings. The summed E-state index contributed by atoms with van der Waals surface area (Å²) in [4.78, 5) is 50.0. The third-order valence-corrected chi connectivity index (χ3v) is 6.00. The van der Waals surface area contributed by atoms with Gasteiger partial charge in [0.2, 0.25) is 5.91 Å². The molecule has 0 aliphatic carbocycles. The Bertz CT molecular complexity index is 1060. The fraction of sp³-hybridized carbons (Fsp3) is 0.316. The number of methoxy groups -OCH3 is 1. The third-order valence-electron chi connectivity index (χ3n) is 4.82. The van der Waals surface area contributed by atoms with Crippen LogP contribution in [0.25, 0.3) is 0 Å². The molecule has 11 nitrogen and oxygen atoms in total. The van der Waals surface area contributed by atoms with E-state index in [1.54, 1.807) is 13.8 Å². The molecule has 2 aliphatic heterocycles. The monoisotopic (exact) mass is 449 g/mol. The van der Waals surface area contributed by atoms with E-state index in [0.717, 1.165) is 42.0 Å². The number of phenolic OH excluding ortho intramolecular Hbond substituents is 1. The number of phenols is 1. The zero-order chi connectivity index (χ0) is 23.0. The molecule has 0 aromatic heterocycles. The van der Waals surface area contributed by atoms with Gasteiger partial charge in [-0.1, -0.05) is 11.8 Å².